The van der Waals surface area contributed by atoms with Gasteiger partial charge in [0.15, 0.2) is 6.17 Å². The Kier molecular flexibility index (Phi) is 2.96. The smallest absolute Gasteiger partial charge is 0.154 e. The van der Waals surface area contributed by atoms with E-state index in [1.165, 1.54) is 0 Å². The second-order valence-corrected chi connectivity index (χ2v) is 2.90. The van der Waals surface area contributed by atoms with Gasteiger partial charge in [0.25, 0.3) is 0 Å². The molecule has 1 aromatic rings. The van der Waals surface area contributed by atoms with Crippen LogP contribution >= 0.6 is 15.9 Å². The van der Waals surface area contributed by atoms with Crippen molar-refractivity contribution in [2.24, 2.45) is 5.73 Å². The van der Waals surface area contributed by atoms with Crippen LogP contribution in [-0.2, 0) is 0 Å². The van der Waals surface area contributed by atoms with Crippen LogP contribution in [0.15, 0.2) is 22.8 Å². The molecule has 1 rings (SSSR count). The average molecular weight is 219 g/mol. The van der Waals surface area contributed by atoms with Crippen LogP contribution in [0.5, 0.6) is 0 Å². The molecule has 60 valence electrons. The second kappa shape index (κ2) is 3.78. The van der Waals surface area contributed by atoms with Gasteiger partial charge in [0.2, 0.25) is 0 Å². The van der Waals surface area contributed by atoms with E-state index in [1.807, 2.05) is 0 Å². The lowest BCUT2D eigenvalue weighted by Gasteiger charge is -2.03. The van der Waals surface area contributed by atoms with E-state index >= 15 is 0 Å². The van der Waals surface area contributed by atoms with Crippen LogP contribution in [0.1, 0.15) is 11.9 Å². The zero-order valence-corrected chi connectivity index (χ0v) is 7.38. The molecule has 11 heavy (non-hydrogen) atoms. The van der Waals surface area contributed by atoms with E-state index in [4.69, 9.17) is 5.73 Å². The third-order valence-corrected chi connectivity index (χ3v) is 1.71. The number of hydrogen-bond acceptors (Lipinski definition) is 2. The molecule has 0 aromatic carbocycles. The fourth-order valence-electron chi connectivity index (χ4n) is 0.719. The van der Waals surface area contributed by atoms with Crippen molar-refractivity contribution in [3.05, 3.63) is 28.5 Å². The molecule has 0 saturated heterocycles. The molecule has 1 unspecified atom stereocenters. The molecule has 0 aliphatic heterocycles. The predicted molar refractivity (Wildman–Crippen MR) is 44.8 cm³/mol. The van der Waals surface area contributed by atoms with Crippen LogP contribution in [0.4, 0.5) is 4.39 Å². The van der Waals surface area contributed by atoms with Crippen molar-refractivity contribution < 1.29 is 4.39 Å². The normalized spacial score (nSPS) is 13.0. The standard InChI is InChI=1S/C7H8BrFN2/c8-7-3-1-2-6(11-7)5(9)4-10/h1-3,5H,4,10H2. The van der Waals surface area contributed by atoms with Crippen LogP contribution in [0.3, 0.4) is 0 Å². The molecule has 0 aliphatic rings. The minimum atomic E-state index is -1.16. The first-order valence-corrected chi connectivity index (χ1v) is 4.00. The molecule has 1 atom stereocenters. The van der Waals surface area contributed by atoms with E-state index in [0.717, 1.165) is 0 Å². The predicted octanol–water partition coefficient (Wildman–Crippen LogP) is 1.81. The first-order chi connectivity index (χ1) is 5.24. The summed E-state index contributed by atoms with van der Waals surface area (Å²) in [6.45, 7) is -0.0244. The molecule has 0 spiro atoms. The largest absolute Gasteiger partial charge is 0.327 e. The maximum absolute atomic E-state index is 12.8. The Morgan fingerprint density at radius 1 is 1.64 bits per heavy atom. The molecule has 1 aromatic heterocycles. The van der Waals surface area contributed by atoms with Gasteiger partial charge in [0.05, 0.1) is 5.69 Å². The molecule has 0 saturated carbocycles. The van der Waals surface area contributed by atoms with E-state index < -0.39 is 6.17 Å². The minimum Gasteiger partial charge on any atom is -0.327 e. The zero-order chi connectivity index (χ0) is 8.27. The van der Waals surface area contributed by atoms with Crippen LogP contribution in [0.25, 0.3) is 0 Å². The van der Waals surface area contributed by atoms with Crippen LogP contribution in [0.2, 0.25) is 0 Å². The molecule has 2 N–H and O–H groups in total. The highest BCUT2D eigenvalue weighted by Crippen LogP contribution is 2.15. The fourth-order valence-corrected chi connectivity index (χ4v) is 1.08. The summed E-state index contributed by atoms with van der Waals surface area (Å²) >= 11 is 3.14. The van der Waals surface area contributed by atoms with Gasteiger partial charge in [-0.25, -0.2) is 9.37 Å². The fraction of sp³-hybridized carbons (Fsp3) is 0.286. The summed E-state index contributed by atoms with van der Waals surface area (Å²) in [6.07, 6.45) is -1.16. The van der Waals surface area contributed by atoms with Gasteiger partial charge in [-0.3, -0.25) is 0 Å². The Hall–Kier alpha value is -0.480. The number of nitrogens with zero attached hydrogens (tertiary/aromatic N) is 1. The molecular weight excluding hydrogens is 211 g/mol. The lowest BCUT2D eigenvalue weighted by atomic mass is 10.2. The van der Waals surface area contributed by atoms with E-state index in [2.05, 4.69) is 20.9 Å². The maximum Gasteiger partial charge on any atom is 0.154 e. The lowest BCUT2D eigenvalue weighted by molar-refractivity contribution is 0.344. The van der Waals surface area contributed by atoms with Crippen molar-refractivity contribution in [3.63, 3.8) is 0 Å². The summed E-state index contributed by atoms with van der Waals surface area (Å²) in [5.41, 5.74) is 5.50. The third kappa shape index (κ3) is 2.24. The molecule has 2 nitrogen and oxygen atoms in total. The minimum absolute atomic E-state index is 0.0244. The molecule has 0 aliphatic carbocycles. The number of rotatable bonds is 2. The van der Waals surface area contributed by atoms with Gasteiger partial charge in [-0.2, -0.15) is 0 Å². The molecule has 0 bridgehead atoms. The average Bonchev–Trinajstić information content (AvgIpc) is 2.03. The number of halogens is 2. The number of alkyl halides is 1. The SMILES string of the molecule is NCC(F)c1cccc(Br)n1. The number of aromatic nitrogens is 1. The lowest BCUT2D eigenvalue weighted by Crippen LogP contribution is -2.08. The van der Waals surface area contributed by atoms with Crippen molar-refractivity contribution in [1.29, 1.82) is 0 Å². The van der Waals surface area contributed by atoms with E-state index in [9.17, 15) is 4.39 Å². The summed E-state index contributed by atoms with van der Waals surface area (Å²) < 4.78 is 13.5. The monoisotopic (exact) mass is 218 g/mol. The highest BCUT2D eigenvalue weighted by atomic mass is 79.9. The van der Waals surface area contributed by atoms with Gasteiger partial charge in [-0.15, -0.1) is 0 Å². The van der Waals surface area contributed by atoms with Gasteiger partial charge in [0.1, 0.15) is 4.60 Å². The van der Waals surface area contributed by atoms with E-state index in [0.29, 0.717) is 10.3 Å². The summed E-state index contributed by atoms with van der Waals surface area (Å²) in [4.78, 5) is 3.91. The zero-order valence-electron chi connectivity index (χ0n) is 5.80. The van der Waals surface area contributed by atoms with Gasteiger partial charge >= 0.3 is 0 Å². The number of hydrogen-bond donors (Lipinski definition) is 1. The van der Waals surface area contributed by atoms with Crippen molar-refractivity contribution in [2.75, 3.05) is 6.54 Å². The molecular formula is C7H8BrFN2. The summed E-state index contributed by atoms with van der Waals surface area (Å²) in [6, 6.07) is 5.09. The second-order valence-electron chi connectivity index (χ2n) is 2.09. The van der Waals surface area contributed by atoms with Crippen LogP contribution < -0.4 is 5.73 Å². The Morgan fingerprint density at radius 3 is 2.91 bits per heavy atom. The summed E-state index contributed by atoms with van der Waals surface area (Å²) in [5.74, 6) is 0. The van der Waals surface area contributed by atoms with Crippen molar-refractivity contribution in [2.45, 2.75) is 6.17 Å². The first kappa shape index (κ1) is 8.62. The molecule has 1 heterocycles. The Balaban J connectivity index is 2.86. The highest BCUT2D eigenvalue weighted by molar-refractivity contribution is 9.10. The maximum atomic E-state index is 12.8. The summed E-state index contributed by atoms with van der Waals surface area (Å²) in [5, 5.41) is 0. The Labute approximate surface area is 72.8 Å². The van der Waals surface area contributed by atoms with Gasteiger partial charge < -0.3 is 5.73 Å². The Morgan fingerprint density at radius 2 is 2.36 bits per heavy atom. The molecule has 0 radical (unpaired) electrons. The van der Waals surface area contributed by atoms with Gasteiger partial charge in [-0.1, -0.05) is 6.07 Å². The highest BCUT2D eigenvalue weighted by Gasteiger charge is 2.07. The van der Waals surface area contributed by atoms with Gasteiger partial charge in [0, 0.05) is 6.54 Å². The third-order valence-electron chi connectivity index (χ3n) is 1.26. The van der Waals surface area contributed by atoms with Crippen LogP contribution in [0, 0.1) is 0 Å². The quantitative estimate of drug-likeness (QED) is 0.770. The number of pyridine rings is 1. The Bertz CT molecular complexity index is 242. The van der Waals surface area contributed by atoms with Crippen molar-refractivity contribution in [1.82, 2.24) is 4.98 Å². The molecule has 0 amide bonds. The molecule has 0 fully saturated rings. The first-order valence-electron chi connectivity index (χ1n) is 3.20. The number of nitrogens with two attached hydrogens (primary N) is 1. The molecule has 4 heteroatoms. The van der Waals surface area contributed by atoms with E-state index in [-0.39, 0.29) is 6.54 Å². The van der Waals surface area contributed by atoms with Crippen molar-refractivity contribution >= 4 is 15.9 Å². The summed E-state index contributed by atoms with van der Waals surface area (Å²) in [7, 11) is 0. The van der Waals surface area contributed by atoms with Crippen molar-refractivity contribution in [3.8, 4) is 0 Å². The van der Waals surface area contributed by atoms with E-state index in [1.54, 1.807) is 18.2 Å². The topological polar surface area (TPSA) is 38.9 Å². The van der Waals surface area contributed by atoms with Gasteiger partial charge in [-0.05, 0) is 28.1 Å². The van der Waals surface area contributed by atoms with Crippen LogP contribution in [-0.4, -0.2) is 11.5 Å².